The minimum absolute atomic E-state index is 0.351. The van der Waals surface area contributed by atoms with Gasteiger partial charge in [0.05, 0.1) is 12.3 Å². The summed E-state index contributed by atoms with van der Waals surface area (Å²) in [4.78, 5) is 5.65. The lowest BCUT2D eigenvalue weighted by Crippen LogP contribution is -2.35. The molecule has 0 saturated carbocycles. The summed E-state index contributed by atoms with van der Waals surface area (Å²) >= 11 is 1.67. The molecule has 94 valence electrons. The molecule has 0 saturated heterocycles. The fourth-order valence-corrected chi connectivity index (χ4v) is 2.58. The van der Waals surface area contributed by atoms with Crippen LogP contribution in [-0.2, 0) is 11.2 Å². The van der Waals surface area contributed by atoms with Crippen molar-refractivity contribution in [2.75, 3.05) is 19.8 Å². The molecule has 2 rings (SSSR count). The van der Waals surface area contributed by atoms with E-state index in [-0.39, 0.29) is 0 Å². The number of ether oxygens (including phenoxy) is 1. The van der Waals surface area contributed by atoms with Crippen LogP contribution in [0.4, 0.5) is 0 Å². The molecular formula is C12H19N3OS. The van der Waals surface area contributed by atoms with E-state index in [0.29, 0.717) is 6.04 Å². The Balaban J connectivity index is 1.98. The number of likely N-dealkylation sites (N-methyl/N-ethyl adjacent to an activating group) is 1. The summed E-state index contributed by atoms with van der Waals surface area (Å²) in [5.41, 5.74) is 1.13. The van der Waals surface area contributed by atoms with E-state index in [1.165, 1.54) is 0 Å². The van der Waals surface area contributed by atoms with Crippen molar-refractivity contribution in [2.24, 2.45) is 0 Å². The number of hydrogen-bond donors (Lipinski definition) is 1. The molecule has 1 N–H and O–H groups in total. The van der Waals surface area contributed by atoms with Crippen LogP contribution in [0.2, 0.25) is 0 Å². The van der Waals surface area contributed by atoms with Crippen molar-refractivity contribution in [1.82, 2.24) is 14.7 Å². The molecule has 0 aliphatic carbocycles. The van der Waals surface area contributed by atoms with Crippen LogP contribution in [0, 0.1) is 0 Å². The Hall–Kier alpha value is -0.910. The van der Waals surface area contributed by atoms with Crippen molar-refractivity contribution in [3.63, 3.8) is 0 Å². The van der Waals surface area contributed by atoms with E-state index in [1.54, 1.807) is 11.3 Å². The Labute approximate surface area is 106 Å². The van der Waals surface area contributed by atoms with Crippen LogP contribution in [0.3, 0.4) is 0 Å². The number of fused-ring (bicyclic) bond motifs is 1. The van der Waals surface area contributed by atoms with E-state index in [4.69, 9.17) is 4.74 Å². The van der Waals surface area contributed by atoms with Gasteiger partial charge >= 0.3 is 0 Å². The molecule has 0 aromatic carbocycles. The molecule has 5 heteroatoms. The third-order valence-corrected chi connectivity index (χ3v) is 3.39. The van der Waals surface area contributed by atoms with Gasteiger partial charge in [-0.25, -0.2) is 4.98 Å². The van der Waals surface area contributed by atoms with Gasteiger partial charge in [0.25, 0.3) is 0 Å². The zero-order chi connectivity index (χ0) is 12.1. The van der Waals surface area contributed by atoms with E-state index in [2.05, 4.69) is 27.8 Å². The number of hydrogen-bond acceptors (Lipinski definition) is 4. The summed E-state index contributed by atoms with van der Waals surface area (Å²) in [7, 11) is 0. The second kappa shape index (κ2) is 6.14. The highest BCUT2D eigenvalue weighted by atomic mass is 32.1. The van der Waals surface area contributed by atoms with Crippen LogP contribution >= 0.6 is 11.3 Å². The number of nitrogens with zero attached hydrogens (tertiary/aromatic N) is 2. The van der Waals surface area contributed by atoms with Gasteiger partial charge in [-0.2, -0.15) is 0 Å². The van der Waals surface area contributed by atoms with Crippen LogP contribution in [-0.4, -0.2) is 35.2 Å². The SMILES string of the molecule is CCNC(COCC)Cc1cn2ccsc2n1. The molecule has 0 bridgehead atoms. The Kier molecular flexibility index (Phi) is 4.53. The van der Waals surface area contributed by atoms with Crippen LogP contribution in [0.15, 0.2) is 17.8 Å². The molecule has 0 fully saturated rings. The first kappa shape index (κ1) is 12.5. The van der Waals surface area contributed by atoms with Crippen molar-refractivity contribution in [1.29, 1.82) is 0 Å². The number of rotatable bonds is 7. The molecule has 0 amide bonds. The maximum Gasteiger partial charge on any atom is 0.193 e. The molecule has 0 radical (unpaired) electrons. The maximum atomic E-state index is 5.48. The van der Waals surface area contributed by atoms with Crippen molar-refractivity contribution < 1.29 is 4.74 Å². The van der Waals surface area contributed by atoms with E-state index < -0.39 is 0 Å². The lowest BCUT2D eigenvalue weighted by atomic mass is 10.2. The average molecular weight is 253 g/mol. The first-order valence-corrected chi connectivity index (χ1v) is 6.93. The third-order valence-electron chi connectivity index (χ3n) is 2.61. The summed E-state index contributed by atoms with van der Waals surface area (Å²) < 4.78 is 7.55. The molecule has 2 aromatic rings. The molecule has 2 aromatic heterocycles. The lowest BCUT2D eigenvalue weighted by Gasteiger charge is -2.16. The monoisotopic (exact) mass is 253 g/mol. The molecule has 4 nitrogen and oxygen atoms in total. The average Bonchev–Trinajstić information content (AvgIpc) is 2.86. The second-order valence-electron chi connectivity index (χ2n) is 3.94. The van der Waals surface area contributed by atoms with E-state index in [0.717, 1.165) is 36.8 Å². The van der Waals surface area contributed by atoms with Crippen LogP contribution in [0.25, 0.3) is 4.96 Å². The number of imidazole rings is 1. The second-order valence-corrected chi connectivity index (χ2v) is 4.82. The quantitative estimate of drug-likeness (QED) is 0.819. The lowest BCUT2D eigenvalue weighted by molar-refractivity contribution is 0.123. The minimum atomic E-state index is 0.351. The van der Waals surface area contributed by atoms with Gasteiger partial charge in [0.15, 0.2) is 4.96 Å². The van der Waals surface area contributed by atoms with E-state index in [1.807, 2.05) is 18.5 Å². The molecule has 17 heavy (non-hydrogen) atoms. The first-order valence-electron chi connectivity index (χ1n) is 6.05. The first-order chi connectivity index (χ1) is 8.33. The smallest absolute Gasteiger partial charge is 0.193 e. The topological polar surface area (TPSA) is 38.6 Å². The van der Waals surface area contributed by atoms with Gasteiger partial charge in [-0.15, -0.1) is 11.3 Å². The highest BCUT2D eigenvalue weighted by Gasteiger charge is 2.11. The van der Waals surface area contributed by atoms with Gasteiger partial charge in [0.1, 0.15) is 0 Å². The molecule has 0 aliphatic heterocycles. The van der Waals surface area contributed by atoms with Gasteiger partial charge in [-0.1, -0.05) is 6.92 Å². The van der Waals surface area contributed by atoms with Crippen molar-refractivity contribution in [3.8, 4) is 0 Å². The summed E-state index contributed by atoms with van der Waals surface area (Å²) in [6.07, 6.45) is 5.06. The zero-order valence-electron chi connectivity index (χ0n) is 10.3. The molecular weight excluding hydrogens is 234 g/mol. The number of thiazole rings is 1. The number of aromatic nitrogens is 2. The van der Waals surface area contributed by atoms with Crippen LogP contribution in [0.5, 0.6) is 0 Å². The van der Waals surface area contributed by atoms with Gasteiger partial charge in [-0.3, -0.25) is 4.40 Å². The fourth-order valence-electron chi connectivity index (χ4n) is 1.87. The normalized spacial score (nSPS) is 13.3. The van der Waals surface area contributed by atoms with Crippen LogP contribution < -0.4 is 5.32 Å². The summed E-state index contributed by atoms with van der Waals surface area (Å²) in [6.45, 7) is 6.61. The van der Waals surface area contributed by atoms with Gasteiger partial charge in [0, 0.05) is 36.8 Å². The summed E-state index contributed by atoms with van der Waals surface area (Å²) in [5.74, 6) is 0. The molecule has 1 atom stereocenters. The Morgan fingerprint density at radius 2 is 2.41 bits per heavy atom. The predicted octanol–water partition coefficient (Wildman–Crippen LogP) is 1.95. The minimum Gasteiger partial charge on any atom is -0.380 e. The summed E-state index contributed by atoms with van der Waals surface area (Å²) in [5, 5.41) is 5.48. The maximum absolute atomic E-state index is 5.48. The predicted molar refractivity (Wildman–Crippen MR) is 70.7 cm³/mol. The third kappa shape index (κ3) is 3.28. The Morgan fingerprint density at radius 3 is 3.12 bits per heavy atom. The van der Waals surface area contributed by atoms with Crippen LogP contribution in [0.1, 0.15) is 19.5 Å². The van der Waals surface area contributed by atoms with Crippen molar-refractivity contribution in [3.05, 3.63) is 23.5 Å². The van der Waals surface area contributed by atoms with Crippen molar-refractivity contribution >= 4 is 16.3 Å². The number of nitrogens with one attached hydrogen (secondary N) is 1. The Morgan fingerprint density at radius 1 is 1.53 bits per heavy atom. The van der Waals surface area contributed by atoms with Gasteiger partial charge < -0.3 is 10.1 Å². The molecule has 1 unspecified atom stereocenters. The fraction of sp³-hybridized carbons (Fsp3) is 0.583. The zero-order valence-corrected chi connectivity index (χ0v) is 11.2. The molecule has 2 heterocycles. The van der Waals surface area contributed by atoms with Gasteiger partial charge in [-0.05, 0) is 13.5 Å². The highest BCUT2D eigenvalue weighted by Crippen LogP contribution is 2.12. The van der Waals surface area contributed by atoms with E-state index in [9.17, 15) is 0 Å². The highest BCUT2D eigenvalue weighted by molar-refractivity contribution is 7.15. The van der Waals surface area contributed by atoms with E-state index >= 15 is 0 Å². The van der Waals surface area contributed by atoms with Crippen molar-refractivity contribution in [2.45, 2.75) is 26.3 Å². The standard InChI is InChI=1S/C12H19N3OS/c1-3-13-11(9-16-4-2)7-10-8-15-5-6-17-12(15)14-10/h5-6,8,11,13H,3-4,7,9H2,1-2H3. The molecule has 0 spiro atoms. The summed E-state index contributed by atoms with van der Waals surface area (Å²) in [6, 6.07) is 0.351. The van der Waals surface area contributed by atoms with Gasteiger partial charge in [0.2, 0.25) is 0 Å². The Bertz CT molecular complexity index is 423. The largest absolute Gasteiger partial charge is 0.380 e. The molecule has 0 aliphatic rings.